The van der Waals surface area contributed by atoms with E-state index < -0.39 is 0 Å². The fourth-order valence-corrected chi connectivity index (χ4v) is 1.96. The van der Waals surface area contributed by atoms with Gasteiger partial charge in [0.25, 0.3) is 0 Å². The third-order valence-corrected chi connectivity index (χ3v) is 2.98. The van der Waals surface area contributed by atoms with Crippen molar-refractivity contribution < 1.29 is 4.79 Å². The van der Waals surface area contributed by atoms with Gasteiger partial charge in [-0.25, -0.2) is 9.67 Å². The molecule has 0 spiro atoms. The molecule has 0 amide bonds. The largest absolute Gasteiger partial charge is 0.298 e. The van der Waals surface area contributed by atoms with Crippen molar-refractivity contribution in [1.29, 1.82) is 0 Å². The van der Waals surface area contributed by atoms with E-state index in [0.717, 1.165) is 12.2 Å². The SMILES string of the molecule is O=C(CCc1ccccc1)Cn1ncnc1CS. The van der Waals surface area contributed by atoms with Crippen molar-refractivity contribution in [3.8, 4) is 0 Å². The summed E-state index contributed by atoms with van der Waals surface area (Å²) in [4.78, 5) is 15.9. The standard InChI is InChI=1S/C13H15N3OS/c17-12(7-6-11-4-2-1-3-5-11)8-16-13(9-18)14-10-15-16/h1-5,10,18H,6-9H2. The van der Waals surface area contributed by atoms with E-state index in [1.807, 2.05) is 30.3 Å². The van der Waals surface area contributed by atoms with Crippen molar-refractivity contribution >= 4 is 18.4 Å². The Bertz CT molecular complexity index is 510. The van der Waals surface area contributed by atoms with Gasteiger partial charge in [0.05, 0.1) is 5.75 Å². The van der Waals surface area contributed by atoms with Gasteiger partial charge in [0, 0.05) is 6.42 Å². The lowest BCUT2D eigenvalue weighted by Gasteiger charge is -2.04. The number of nitrogens with zero attached hydrogens (tertiary/aromatic N) is 3. The summed E-state index contributed by atoms with van der Waals surface area (Å²) < 4.78 is 1.61. The van der Waals surface area contributed by atoms with Crippen LogP contribution in [0, 0.1) is 0 Å². The number of aryl methyl sites for hydroxylation is 1. The number of Topliss-reactive ketones (excluding diaryl/α,β-unsaturated/α-hetero) is 1. The van der Waals surface area contributed by atoms with Gasteiger partial charge in [-0.2, -0.15) is 17.7 Å². The lowest BCUT2D eigenvalue weighted by Crippen LogP contribution is -2.14. The number of thiol groups is 1. The van der Waals surface area contributed by atoms with Crippen LogP contribution in [0.15, 0.2) is 36.7 Å². The van der Waals surface area contributed by atoms with E-state index in [2.05, 4.69) is 22.7 Å². The highest BCUT2D eigenvalue weighted by molar-refractivity contribution is 7.79. The van der Waals surface area contributed by atoms with Gasteiger partial charge in [-0.15, -0.1) is 0 Å². The highest BCUT2D eigenvalue weighted by atomic mass is 32.1. The molecule has 0 aliphatic rings. The minimum absolute atomic E-state index is 0.160. The predicted molar refractivity (Wildman–Crippen MR) is 72.5 cm³/mol. The third-order valence-electron chi connectivity index (χ3n) is 2.70. The van der Waals surface area contributed by atoms with Gasteiger partial charge in [0.15, 0.2) is 5.78 Å². The second kappa shape index (κ2) is 6.35. The van der Waals surface area contributed by atoms with E-state index in [-0.39, 0.29) is 12.3 Å². The van der Waals surface area contributed by atoms with E-state index in [9.17, 15) is 4.79 Å². The van der Waals surface area contributed by atoms with Gasteiger partial charge in [-0.1, -0.05) is 30.3 Å². The maximum Gasteiger partial charge on any atom is 0.154 e. The number of ketones is 1. The average molecular weight is 261 g/mol. The van der Waals surface area contributed by atoms with Crippen LogP contribution in [-0.4, -0.2) is 20.5 Å². The van der Waals surface area contributed by atoms with Crippen LogP contribution in [0.4, 0.5) is 0 Å². The van der Waals surface area contributed by atoms with Gasteiger partial charge in [0.1, 0.15) is 18.7 Å². The van der Waals surface area contributed by atoms with Crippen LogP contribution < -0.4 is 0 Å². The van der Waals surface area contributed by atoms with Gasteiger partial charge < -0.3 is 0 Å². The van der Waals surface area contributed by atoms with E-state index in [0.29, 0.717) is 12.2 Å². The number of carbonyl (C=O) groups excluding carboxylic acids is 1. The van der Waals surface area contributed by atoms with Crippen LogP contribution in [0.3, 0.4) is 0 Å². The molecule has 94 valence electrons. The summed E-state index contributed by atoms with van der Waals surface area (Å²) in [5.41, 5.74) is 1.18. The van der Waals surface area contributed by atoms with Crippen LogP contribution in [0.5, 0.6) is 0 Å². The summed E-state index contributed by atoms with van der Waals surface area (Å²) in [6.45, 7) is 0.280. The van der Waals surface area contributed by atoms with Crippen molar-refractivity contribution in [3.05, 3.63) is 48.0 Å². The topological polar surface area (TPSA) is 47.8 Å². The fraction of sp³-hybridized carbons (Fsp3) is 0.308. The molecule has 0 fully saturated rings. The van der Waals surface area contributed by atoms with E-state index >= 15 is 0 Å². The molecule has 2 rings (SSSR count). The molecule has 1 aromatic carbocycles. The molecule has 18 heavy (non-hydrogen) atoms. The third kappa shape index (κ3) is 3.43. The number of aromatic nitrogens is 3. The Balaban J connectivity index is 1.86. The zero-order chi connectivity index (χ0) is 12.8. The first kappa shape index (κ1) is 12.8. The highest BCUT2D eigenvalue weighted by Crippen LogP contribution is 2.05. The lowest BCUT2D eigenvalue weighted by atomic mass is 10.1. The molecule has 5 heteroatoms. The molecule has 0 atom stereocenters. The van der Waals surface area contributed by atoms with Crippen molar-refractivity contribution in [2.75, 3.05) is 0 Å². The van der Waals surface area contributed by atoms with Crippen LogP contribution in [0.1, 0.15) is 17.8 Å². The Hall–Kier alpha value is -1.62. The summed E-state index contributed by atoms with van der Waals surface area (Å²) in [5, 5.41) is 4.02. The van der Waals surface area contributed by atoms with Crippen LogP contribution >= 0.6 is 12.6 Å². The normalized spacial score (nSPS) is 10.5. The molecule has 1 heterocycles. The first-order valence-corrected chi connectivity index (χ1v) is 6.46. The Morgan fingerprint density at radius 2 is 2.06 bits per heavy atom. The van der Waals surface area contributed by atoms with E-state index in [4.69, 9.17) is 0 Å². The molecule has 0 unspecified atom stereocenters. The summed E-state index contributed by atoms with van der Waals surface area (Å²) in [5.74, 6) is 1.38. The zero-order valence-corrected chi connectivity index (χ0v) is 10.9. The molecule has 4 nitrogen and oxygen atoms in total. The molecule has 1 aromatic heterocycles. The minimum atomic E-state index is 0.160. The molecule has 0 bridgehead atoms. The van der Waals surface area contributed by atoms with Crippen molar-refractivity contribution in [2.45, 2.75) is 25.1 Å². The Kier molecular flexibility index (Phi) is 4.52. The van der Waals surface area contributed by atoms with Crippen molar-refractivity contribution in [3.63, 3.8) is 0 Å². The summed E-state index contributed by atoms with van der Waals surface area (Å²) in [7, 11) is 0. The quantitative estimate of drug-likeness (QED) is 0.808. The van der Waals surface area contributed by atoms with Gasteiger partial charge >= 0.3 is 0 Å². The number of rotatable bonds is 6. The number of hydrogen-bond acceptors (Lipinski definition) is 4. The smallest absolute Gasteiger partial charge is 0.154 e. The second-order valence-electron chi connectivity index (χ2n) is 4.02. The van der Waals surface area contributed by atoms with Gasteiger partial charge in [-0.3, -0.25) is 4.79 Å². The van der Waals surface area contributed by atoms with E-state index in [1.54, 1.807) is 4.68 Å². The molecular weight excluding hydrogens is 246 g/mol. The molecule has 0 aliphatic carbocycles. The van der Waals surface area contributed by atoms with Crippen molar-refractivity contribution in [1.82, 2.24) is 14.8 Å². The molecule has 0 aliphatic heterocycles. The second-order valence-corrected chi connectivity index (χ2v) is 4.33. The Morgan fingerprint density at radius 3 is 2.78 bits per heavy atom. The van der Waals surface area contributed by atoms with Gasteiger partial charge in [-0.05, 0) is 12.0 Å². The van der Waals surface area contributed by atoms with Crippen LogP contribution in [-0.2, 0) is 23.5 Å². The number of carbonyl (C=O) groups is 1. The number of benzene rings is 1. The molecule has 0 saturated carbocycles. The monoisotopic (exact) mass is 261 g/mol. The predicted octanol–water partition coefficient (Wildman–Crippen LogP) is 1.91. The first-order chi connectivity index (χ1) is 8.79. The Labute approximate surface area is 111 Å². The number of hydrogen-bond donors (Lipinski definition) is 1. The summed E-state index contributed by atoms with van der Waals surface area (Å²) in [6, 6.07) is 10.00. The fourth-order valence-electron chi connectivity index (χ4n) is 1.72. The van der Waals surface area contributed by atoms with Gasteiger partial charge in [0.2, 0.25) is 0 Å². The van der Waals surface area contributed by atoms with Crippen LogP contribution in [0.2, 0.25) is 0 Å². The Morgan fingerprint density at radius 1 is 1.28 bits per heavy atom. The maximum absolute atomic E-state index is 11.8. The summed E-state index contributed by atoms with van der Waals surface area (Å²) in [6.07, 6.45) is 2.75. The average Bonchev–Trinajstić information content (AvgIpc) is 2.85. The zero-order valence-electron chi connectivity index (χ0n) is 9.99. The molecule has 0 N–H and O–H groups in total. The van der Waals surface area contributed by atoms with Crippen molar-refractivity contribution in [2.24, 2.45) is 0 Å². The van der Waals surface area contributed by atoms with Crippen LogP contribution in [0.25, 0.3) is 0 Å². The molecular formula is C13H15N3OS. The minimum Gasteiger partial charge on any atom is -0.298 e. The molecule has 0 saturated heterocycles. The molecule has 0 radical (unpaired) electrons. The maximum atomic E-state index is 11.8. The highest BCUT2D eigenvalue weighted by Gasteiger charge is 2.08. The summed E-state index contributed by atoms with van der Waals surface area (Å²) >= 11 is 4.14. The lowest BCUT2D eigenvalue weighted by molar-refractivity contribution is -0.119. The first-order valence-electron chi connectivity index (χ1n) is 5.83. The van der Waals surface area contributed by atoms with E-state index in [1.165, 1.54) is 11.9 Å². The molecule has 2 aromatic rings.